The van der Waals surface area contributed by atoms with Crippen LogP contribution < -0.4 is 20.7 Å². The minimum atomic E-state index is -1.16. The first-order valence-electron chi connectivity index (χ1n) is 22.2. The van der Waals surface area contributed by atoms with Crippen LogP contribution in [0.5, 0.6) is 0 Å². The van der Waals surface area contributed by atoms with Crippen molar-refractivity contribution in [2.24, 2.45) is 35.5 Å². The van der Waals surface area contributed by atoms with Crippen molar-refractivity contribution in [1.82, 2.24) is 9.97 Å². The Labute approximate surface area is 374 Å². The van der Waals surface area contributed by atoms with Crippen LogP contribution in [-0.2, 0) is 25.5 Å². The third-order valence-electron chi connectivity index (χ3n) is 13.5. The van der Waals surface area contributed by atoms with Crippen LogP contribution in [0.3, 0.4) is 0 Å². The summed E-state index contributed by atoms with van der Waals surface area (Å²) in [4.78, 5) is 51.5. The molecule has 60 heavy (non-hydrogen) atoms. The molecular formula is C50H66MgN4O5-2. The van der Waals surface area contributed by atoms with E-state index in [1.165, 1.54) is 43.9 Å². The molecule has 2 aromatic rings. The summed E-state index contributed by atoms with van der Waals surface area (Å²) in [6, 6.07) is -0.584. The van der Waals surface area contributed by atoms with Crippen molar-refractivity contribution in [3.63, 3.8) is 0 Å². The predicted molar refractivity (Wildman–Crippen MR) is 242 cm³/mol. The number of aromatic nitrogens is 2. The molecule has 5 heterocycles. The second kappa shape index (κ2) is 20.4. The van der Waals surface area contributed by atoms with Crippen LogP contribution in [0.15, 0.2) is 40.4 Å². The zero-order valence-corrected chi connectivity index (χ0v) is 39.6. The summed E-state index contributed by atoms with van der Waals surface area (Å²) in [5.74, 6) is -1.08. The topological polar surface area (TPSA) is 126 Å². The van der Waals surface area contributed by atoms with Crippen molar-refractivity contribution >= 4 is 58.5 Å². The van der Waals surface area contributed by atoms with Gasteiger partial charge in [0.05, 0.1) is 7.11 Å². The van der Waals surface area contributed by atoms with Gasteiger partial charge in [-0.1, -0.05) is 125 Å². The number of nitrogens with zero attached hydrogens (tertiary/aromatic N) is 4. The van der Waals surface area contributed by atoms with E-state index in [2.05, 4.69) is 74.5 Å². The molecule has 10 heteroatoms. The maximum atomic E-state index is 14.3. The smallest absolute Gasteiger partial charge is 0.681 e. The number of hydrogen-bond donors (Lipinski definition) is 0. The number of carbonyl (C=O) groups is 3. The van der Waals surface area contributed by atoms with E-state index in [1.54, 1.807) is 0 Å². The molecule has 1 aliphatic carbocycles. The summed E-state index contributed by atoms with van der Waals surface area (Å²) in [5.41, 5.74) is 10.7. The normalized spacial score (nSPS) is 24.8. The zero-order chi connectivity index (χ0) is 42.7. The largest absolute Gasteiger partial charge is 2.00 e. The van der Waals surface area contributed by atoms with E-state index >= 15 is 0 Å². The molecule has 9 nitrogen and oxygen atoms in total. The molecule has 2 unspecified atom stereocenters. The van der Waals surface area contributed by atoms with Gasteiger partial charge in [0.2, 0.25) is 0 Å². The Bertz CT molecular complexity index is 2200. The number of ketones is 1. The zero-order valence-electron chi connectivity index (χ0n) is 38.2. The summed E-state index contributed by atoms with van der Waals surface area (Å²) in [5, 5.41) is 11.7. The maximum Gasteiger partial charge on any atom is 2.00 e. The van der Waals surface area contributed by atoms with Crippen molar-refractivity contribution in [2.75, 3.05) is 13.7 Å². The van der Waals surface area contributed by atoms with E-state index in [1.807, 2.05) is 19.1 Å². The SMILES string of the molecule is CCc1c2[n-]c(c1C)/C=C1\[N-]C(=C(C)C1CC)/C=C1\[N-]C(C3=c4[n-]/c(c(C)c4C(=O)[C@@H]3C(=O)OC)=C\2)[C@@H](CCC(=O)OC/C=C(\C)CCC[C@H](C)CCCC(C)C)[C@@H]1C.[Mg+2]. The van der Waals surface area contributed by atoms with Gasteiger partial charge in [0.15, 0.2) is 5.78 Å². The third-order valence-corrected chi connectivity index (χ3v) is 13.5. The van der Waals surface area contributed by atoms with Crippen LogP contribution in [0.4, 0.5) is 0 Å². The average Bonchev–Trinajstić information content (AvgIpc) is 3.94. The molecule has 0 amide bonds. The molecule has 3 aliphatic heterocycles. The Kier molecular flexibility index (Phi) is 16.1. The van der Waals surface area contributed by atoms with Gasteiger partial charge in [-0.15, -0.1) is 27.8 Å². The van der Waals surface area contributed by atoms with Crippen LogP contribution in [0.25, 0.3) is 28.4 Å². The monoisotopic (exact) mass is 826 g/mol. The van der Waals surface area contributed by atoms with Crippen LogP contribution in [-0.4, -0.2) is 60.5 Å². The fourth-order valence-electron chi connectivity index (χ4n) is 9.77. The van der Waals surface area contributed by atoms with Crippen LogP contribution in [0.1, 0.15) is 152 Å². The number of rotatable bonds is 16. The third kappa shape index (κ3) is 9.80. The number of esters is 2. The molecule has 320 valence electrons. The van der Waals surface area contributed by atoms with Crippen LogP contribution in [0.2, 0.25) is 0 Å². The van der Waals surface area contributed by atoms with Gasteiger partial charge in [0.25, 0.3) is 0 Å². The molecule has 0 N–H and O–H groups in total. The molecule has 0 saturated carbocycles. The Morgan fingerprint density at radius 2 is 1.65 bits per heavy atom. The Hall–Kier alpha value is -3.76. The van der Waals surface area contributed by atoms with Gasteiger partial charge in [-0.25, -0.2) is 0 Å². The molecule has 0 aromatic carbocycles. The van der Waals surface area contributed by atoms with E-state index in [0.717, 1.165) is 77.1 Å². The molecule has 1 fully saturated rings. The van der Waals surface area contributed by atoms with E-state index in [0.29, 0.717) is 33.8 Å². The minimum absolute atomic E-state index is 0. The predicted octanol–water partition coefficient (Wildman–Crippen LogP) is 9.20. The van der Waals surface area contributed by atoms with Gasteiger partial charge in [0, 0.05) is 12.0 Å². The molecule has 8 bridgehead atoms. The quantitative estimate of drug-likeness (QED) is 0.0715. The Morgan fingerprint density at radius 3 is 2.33 bits per heavy atom. The van der Waals surface area contributed by atoms with Crippen molar-refractivity contribution in [3.8, 4) is 0 Å². The van der Waals surface area contributed by atoms with Crippen molar-refractivity contribution in [3.05, 3.63) is 95.4 Å². The summed E-state index contributed by atoms with van der Waals surface area (Å²) in [6.07, 6.45) is 17.7. The molecule has 6 atom stereocenters. The molecule has 1 saturated heterocycles. The van der Waals surface area contributed by atoms with Gasteiger partial charge >= 0.3 is 35.0 Å². The van der Waals surface area contributed by atoms with Crippen LogP contribution >= 0.6 is 0 Å². The van der Waals surface area contributed by atoms with E-state index < -0.39 is 17.9 Å². The fraction of sp³-hybridized carbons (Fsp3) is 0.580. The maximum absolute atomic E-state index is 14.3. The second-order valence-electron chi connectivity index (χ2n) is 18.0. The van der Waals surface area contributed by atoms with Crippen molar-refractivity contribution in [2.45, 2.75) is 139 Å². The standard InChI is InChI=1S/C50H67N4O5.Mg/c1-12-34-30(7)37-24-39-32(9)36(20-21-43(55)59-23-22-29(6)19-15-18-28(5)17-14-16-27(3)4)47(53-39)45-46(50(57)58-11)49(56)44-33(10)40(54-48(44)45)26-42-35(13-2)31(8)38(52-42)25-41(34)51-37;/h22,24-28,32,34,36,46-47H,12-21,23H2,1-11H3,(H-,51,52,56);/q-3;+2/p-1/b29-22+,39-24-;/t28-,32+,34?,36+,46-,47?;/m1./s1. The average molecular weight is 827 g/mol. The summed E-state index contributed by atoms with van der Waals surface area (Å²) >= 11 is 0. The Morgan fingerprint density at radius 1 is 0.917 bits per heavy atom. The molecule has 6 rings (SSSR count). The van der Waals surface area contributed by atoms with Crippen molar-refractivity contribution < 1.29 is 23.9 Å². The molecule has 4 aliphatic rings. The van der Waals surface area contributed by atoms with Gasteiger partial charge < -0.3 is 30.1 Å². The molecule has 2 aromatic heterocycles. The molecule has 0 radical (unpaired) electrons. The summed E-state index contributed by atoms with van der Waals surface area (Å²) in [7, 11) is 1.31. The van der Waals surface area contributed by atoms with Gasteiger partial charge in [0.1, 0.15) is 12.5 Å². The first kappa shape index (κ1) is 47.3. The van der Waals surface area contributed by atoms with E-state index in [4.69, 9.17) is 30.1 Å². The first-order chi connectivity index (χ1) is 28.2. The van der Waals surface area contributed by atoms with E-state index in [9.17, 15) is 14.4 Å². The fourth-order valence-corrected chi connectivity index (χ4v) is 9.77. The number of methoxy groups -OCH3 is 1. The van der Waals surface area contributed by atoms with Gasteiger partial charge in [-0.05, 0) is 95.5 Å². The Balaban J connectivity index is 0.00000683. The van der Waals surface area contributed by atoms with Gasteiger partial charge in [-0.3, -0.25) is 14.4 Å². The van der Waals surface area contributed by atoms with Gasteiger partial charge in [-0.2, -0.15) is 11.4 Å². The van der Waals surface area contributed by atoms with Crippen LogP contribution in [0, 0.1) is 49.4 Å². The minimum Gasteiger partial charge on any atom is -0.681 e. The molecule has 0 spiro atoms. The number of allylic oxidation sites excluding steroid dienone is 4. The number of fused-ring (bicyclic) bond motifs is 8. The second-order valence-corrected chi connectivity index (χ2v) is 18.0. The number of carbonyl (C=O) groups excluding carboxylic acids is 3. The van der Waals surface area contributed by atoms with Crippen molar-refractivity contribution in [1.29, 1.82) is 0 Å². The number of Topliss-reactive ketones (excluding diaryl/α,β-unsaturated/α-hetero) is 1. The van der Waals surface area contributed by atoms with E-state index in [-0.39, 0.29) is 65.6 Å². The first-order valence-corrected chi connectivity index (χ1v) is 22.2. The molecular weight excluding hydrogens is 761 g/mol. The summed E-state index contributed by atoms with van der Waals surface area (Å²) in [6.45, 7) is 21.8. The number of hydrogen-bond acceptors (Lipinski definition) is 5. The number of ether oxygens (including phenoxy) is 2. The summed E-state index contributed by atoms with van der Waals surface area (Å²) < 4.78 is 11.0.